The normalized spacial score (nSPS) is 11.5. The molecule has 0 spiro atoms. The summed E-state index contributed by atoms with van der Waals surface area (Å²) in [6.07, 6.45) is 0.525. The summed E-state index contributed by atoms with van der Waals surface area (Å²) in [7, 11) is 1.58. The van der Waals surface area contributed by atoms with Crippen LogP contribution in [0.1, 0.15) is 31.7 Å². The van der Waals surface area contributed by atoms with Crippen molar-refractivity contribution < 1.29 is 13.9 Å². The van der Waals surface area contributed by atoms with Gasteiger partial charge in [0.1, 0.15) is 11.4 Å². The third-order valence-corrected chi connectivity index (χ3v) is 3.93. The summed E-state index contributed by atoms with van der Waals surface area (Å²) in [5, 5.41) is 3.09. The third-order valence-electron chi connectivity index (χ3n) is 3.30. The summed E-state index contributed by atoms with van der Waals surface area (Å²) < 4.78 is 22.9. The van der Waals surface area contributed by atoms with Crippen LogP contribution in [0.4, 0.5) is 9.52 Å². The molecule has 0 aliphatic carbocycles. The highest BCUT2D eigenvalue weighted by Gasteiger charge is 2.25. The van der Waals surface area contributed by atoms with E-state index < -0.39 is 5.60 Å². The van der Waals surface area contributed by atoms with Crippen LogP contribution in [0.3, 0.4) is 0 Å². The van der Waals surface area contributed by atoms with Crippen molar-refractivity contribution in [2.75, 3.05) is 12.4 Å². The van der Waals surface area contributed by atoms with Crippen LogP contribution in [0.5, 0.6) is 0 Å². The Morgan fingerprint density at radius 2 is 2.14 bits per heavy atom. The maximum absolute atomic E-state index is 13.5. The molecular formula is C15H18FN3O2S. The van der Waals surface area contributed by atoms with Crippen molar-refractivity contribution in [2.45, 2.75) is 32.3 Å². The van der Waals surface area contributed by atoms with Gasteiger partial charge in [-0.25, -0.2) is 9.37 Å². The van der Waals surface area contributed by atoms with Crippen LogP contribution < -0.4 is 5.32 Å². The minimum absolute atomic E-state index is 0.184. The summed E-state index contributed by atoms with van der Waals surface area (Å²) in [4.78, 5) is 16.1. The van der Waals surface area contributed by atoms with Crippen molar-refractivity contribution in [3.05, 3.63) is 41.5 Å². The molecule has 0 unspecified atom stereocenters. The number of rotatable bonds is 6. The van der Waals surface area contributed by atoms with E-state index in [1.165, 1.54) is 6.07 Å². The molecule has 22 heavy (non-hydrogen) atoms. The van der Waals surface area contributed by atoms with Crippen LogP contribution in [-0.2, 0) is 21.6 Å². The molecule has 0 atom stereocenters. The van der Waals surface area contributed by atoms with Gasteiger partial charge in [-0.2, -0.15) is 4.37 Å². The second kappa shape index (κ2) is 6.93. The van der Waals surface area contributed by atoms with Crippen LogP contribution >= 0.6 is 11.5 Å². The molecule has 118 valence electrons. The number of aromatic nitrogens is 2. The lowest BCUT2D eigenvalue weighted by Crippen LogP contribution is -2.21. The number of halogens is 1. The predicted octanol–water partition coefficient (Wildman–Crippen LogP) is 3.13. The minimum Gasteiger partial charge on any atom is -0.371 e. The first-order chi connectivity index (χ1) is 10.4. The van der Waals surface area contributed by atoms with Crippen molar-refractivity contribution in [3.63, 3.8) is 0 Å². The standard InChI is InChI=1S/C15H18FN3O2S/c1-15(2,21-3)13-18-14(22-19-13)17-12(20)9-8-10-6-4-5-7-11(10)16/h4-7H,8-9H2,1-3H3,(H,17,18,19,20). The van der Waals surface area contributed by atoms with Gasteiger partial charge >= 0.3 is 0 Å². The van der Waals surface area contributed by atoms with Gasteiger partial charge in [0, 0.05) is 25.1 Å². The van der Waals surface area contributed by atoms with Gasteiger partial charge in [0.25, 0.3) is 0 Å². The fourth-order valence-electron chi connectivity index (χ4n) is 1.74. The van der Waals surface area contributed by atoms with E-state index in [0.29, 0.717) is 22.9 Å². The Kier molecular flexibility index (Phi) is 5.20. The van der Waals surface area contributed by atoms with E-state index in [1.807, 2.05) is 13.8 Å². The van der Waals surface area contributed by atoms with Crippen LogP contribution in [0, 0.1) is 5.82 Å². The first kappa shape index (κ1) is 16.5. The smallest absolute Gasteiger partial charge is 0.226 e. The number of carbonyl (C=O) groups excluding carboxylic acids is 1. The monoisotopic (exact) mass is 323 g/mol. The Labute approximate surface area is 132 Å². The van der Waals surface area contributed by atoms with Crippen LogP contribution in [0.15, 0.2) is 24.3 Å². The average molecular weight is 323 g/mol. The van der Waals surface area contributed by atoms with E-state index >= 15 is 0 Å². The average Bonchev–Trinajstić information content (AvgIpc) is 2.95. The summed E-state index contributed by atoms with van der Waals surface area (Å²) in [6, 6.07) is 6.43. The van der Waals surface area contributed by atoms with Crippen molar-refractivity contribution >= 4 is 22.6 Å². The summed E-state index contributed by atoms with van der Waals surface area (Å²) >= 11 is 1.10. The molecule has 0 radical (unpaired) electrons. The number of benzene rings is 1. The molecule has 0 aliphatic heterocycles. The first-order valence-electron chi connectivity index (χ1n) is 6.85. The maximum Gasteiger partial charge on any atom is 0.226 e. The van der Waals surface area contributed by atoms with E-state index in [0.717, 1.165) is 11.5 Å². The number of nitrogens with zero attached hydrogens (tertiary/aromatic N) is 2. The third kappa shape index (κ3) is 4.08. The van der Waals surface area contributed by atoms with Crippen molar-refractivity contribution in [1.82, 2.24) is 9.36 Å². The second-order valence-corrected chi connectivity index (χ2v) is 6.03. The molecule has 1 aromatic carbocycles. The molecule has 2 aromatic rings. The lowest BCUT2D eigenvalue weighted by molar-refractivity contribution is -0.116. The fourth-order valence-corrected chi connectivity index (χ4v) is 2.46. The molecule has 7 heteroatoms. The zero-order valence-corrected chi connectivity index (χ0v) is 13.5. The summed E-state index contributed by atoms with van der Waals surface area (Å²) in [5.41, 5.74) is -0.0803. The molecule has 1 heterocycles. The van der Waals surface area contributed by atoms with Gasteiger partial charge < -0.3 is 10.1 Å². The highest BCUT2D eigenvalue weighted by Crippen LogP contribution is 2.24. The fraction of sp³-hybridized carbons (Fsp3) is 0.400. The highest BCUT2D eigenvalue weighted by molar-refractivity contribution is 7.09. The van der Waals surface area contributed by atoms with E-state index in [-0.39, 0.29) is 18.1 Å². The maximum atomic E-state index is 13.5. The summed E-state index contributed by atoms with van der Waals surface area (Å²) in [5.74, 6) is 0.000857. The van der Waals surface area contributed by atoms with E-state index in [9.17, 15) is 9.18 Å². The molecular weight excluding hydrogens is 305 g/mol. The van der Waals surface area contributed by atoms with Crippen molar-refractivity contribution in [3.8, 4) is 0 Å². The molecule has 1 amide bonds. The number of anilines is 1. The topological polar surface area (TPSA) is 64.1 Å². The van der Waals surface area contributed by atoms with Gasteiger partial charge in [0.15, 0.2) is 5.82 Å². The number of hydrogen-bond acceptors (Lipinski definition) is 5. The Bertz CT molecular complexity index is 658. The number of ether oxygens (including phenoxy) is 1. The first-order valence-corrected chi connectivity index (χ1v) is 7.62. The molecule has 5 nitrogen and oxygen atoms in total. The lowest BCUT2D eigenvalue weighted by Gasteiger charge is -2.18. The quantitative estimate of drug-likeness (QED) is 0.887. The number of aryl methyl sites for hydroxylation is 1. The predicted molar refractivity (Wildman–Crippen MR) is 83.3 cm³/mol. The Morgan fingerprint density at radius 3 is 2.82 bits per heavy atom. The Balaban J connectivity index is 1.91. The van der Waals surface area contributed by atoms with Gasteiger partial charge in [-0.1, -0.05) is 18.2 Å². The Morgan fingerprint density at radius 1 is 1.41 bits per heavy atom. The Hall–Kier alpha value is -1.86. The number of hydrogen-bond donors (Lipinski definition) is 1. The van der Waals surface area contributed by atoms with Gasteiger partial charge in [-0.3, -0.25) is 4.79 Å². The molecule has 2 rings (SSSR count). The molecule has 1 N–H and O–H groups in total. The molecule has 0 bridgehead atoms. The van der Waals surface area contributed by atoms with Crippen molar-refractivity contribution in [1.29, 1.82) is 0 Å². The summed E-state index contributed by atoms with van der Waals surface area (Å²) in [6.45, 7) is 3.69. The van der Waals surface area contributed by atoms with Crippen LogP contribution in [0.25, 0.3) is 0 Å². The van der Waals surface area contributed by atoms with Crippen LogP contribution in [0.2, 0.25) is 0 Å². The number of carbonyl (C=O) groups is 1. The molecule has 0 saturated heterocycles. The highest BCUT2D eigenvalue weighted by atomic mass is 32.1. The lowest BCUT2D eigenvalue weighted by atomic mass is 10.1. The van der Waals surface area contributed by atoms with Gasteiger partial charge in [-0.15, -0.1) is 0 Å². The molecule has 0 fully saturated rings. The number of nitrogens with one attached hydrogen (secondary N) is 1. The zero-order valence-electron chi connectivity index (χ0n) is 12.7. The molecule has 0 aliphatic rings. The van der Waals surface area contributed by atoms with E-state index in [1.54, 1.807) is 25.3 Å². The zero-order chi connectivity index (χ0) is 16.2. The number of methoxy groups -OCH3 is 1. The SMILES string of the molecule is COC(C)(C)c1nsc(NC(=O)CCc2ccccc2F)n1. The van der Waals surface area contributed by atoms with Gasteiger partial charge in [-0.05, 0) is 31.9 Å². The van der Waals surface area contributed by atoms with Gasteiger partial charge in [0.05, 0.1) is 0 Å². The minimum atomic E-state index is -0.605. The van der Waals surface area contributed by atoms with Gasteiger partial charge in [0.2, 0.25) is 11.0 Å². The molecule has 0 saturated carbocycles. The largest absolute Gasteiger partial charge is 0.371 e. The molecule has 1 aromatic heterocycles. The number of amides is 1. The van der Waals surface area contributed by atoms with Crippen molar-refractivity contribution in [2.24, 2.45) is 0 Å². The van der Waals surface area contributed by atoms with E-state index in [2.05, 4.69) is 14.7 Å². The van der Waals surface area contributed by atoms with E-state index in [4.69, 9.17) is 4.74 Å². The van der Waals surface area contributed by atoms with Crippen LogP contribution in [-0.4, -0.2) is 22.4 Å². The second-order valence-electron chi connectivity index (χ2n) is 5.28.